The third kappa shape index (κ3) is 4.56. The largest absolute Gasteiger partial charge is 0.426 e. The van der Waals surface area contributed by atoms with Gasteiger partial charge in [-0.15, -0.1) is 0 Å². The molecule has 0 aliphatic carbocycles. The molecule has 1 amide bonds. The van der Waals surface area contributed by atoms with Crippen LogP contribution in [-0.2, 0) is 4.74 Å². The first-order valence-electron chi connectivity index (χ1n) is 7.82. The summed E-state index contributed by atoms with van der Waals surface area (Å²) >= 11 is 0. The molecule has 0 saturated carbocycles. The highest BCUT2D eigenvalue weighted by atomic mass is 19.1. The second-order valence-corrected chi connectivity index (χ2v) is 5.39. The first-order chi connectivity index (χ1) is 11.7. The van der Waals surface area contributed by atoms with Crippen LogP contribution in [0.4, 0.5) is 4.39 Å². The van der Waals surface area contributed by atoms with Crippen LogP contribution < -0.4 is 10.1 Å². The van der Waals surface area contributed by atoms with Crippen molar-refractivity contribution in [3.8, 4) is 11.7 Å². The molecular weight excluding hydrogens is 315 g/mol. The number of carbonyl (C=O) groups is 1. The van der Waals surface area contributed by atoms with E-state index in [9.17, 15) is 9.18 Å². The molecule has 0 unspecified atom stereocenters. The molecule has 1 aromatic carbocycles. The van der Waals surface area contributed by atoms with E-state index in [0.717, 1.165) is 32.8 Å². The lowest BCUT2D eigenvalue weighted by molar-refractivity contribution is 0.0382. The van der Waals surface area contributed by atoms with Gasteiger partial charge in [-0.1, -0.05) is 6.07 Å². The lowest BCUT2D eigenvalue weighted by Gasteiger charge is -2.26. The second-order valence-electron chi connectivity index (χ2n) is 5.39. The summed E-state index contributed by atoms with van der Waals surface area (Å²) in [7, 11) is 0. The molecule has 1 saturated heterocycles. The molecule has 6 nitrogen and oxygen atoms in total. The number of halogens is 1. The van der Waals surface area contributed by atoms with Crippen LogP contribution in [0.3, 0.4) is 0 Å². The predicted molar refractivity (Wildman–Crippen MR) is 84.8 cm³/mol. The summed E-state index contributed by atoms with van der Waals surface area (Å²) in [6.07, 6.45) is 0. The van der Waals surface area contributed by atoms with Crippen LogP contribution in [0, 0.1) is 5.82 Å². The topological polar surface area (TPSA) is 63.9 Å². The SMILES string of the molecule is O=C(NCCN1CCOCC1)c1ccc(Oc2cccc(F)c2)o1. The van der Waals surface area contributed by atoms with E-state index < -0.39 is 5.82 Å². The van der Waals surface area contributed by atoms with Crippen molar-refractivity contribution in [1.82, 2.24) is 10.2 Å². The van der Waals surface area contributed by atoms with Gasteiger partial charge in [-0.3, -0.25) is 9.69 Å². The number of rotatable bonds is 6. The fourth-order valence-corrected chi connectivity index (χ4v) is 2.38. The third-order valence-electron chi connectivity index (χ3n) is 3.64. The number of carbonyl (C=O) groups excluding carboxylic acids is 1. The Labute approximate surface area is 139 Å². The third-order valence-corrected chi connectivity index (χ3v) is 3.64. The minimum Gasteiger partial charge on any atom is -0.426 e. The number of ether oxygens (including phenoxy) is 2. The molecule has 1 aliphatic heterocycles. The van der Waals surface area contributed by atoms with Gasteiger partial charge in [0.15, 0.2) is 5.76 Å². The zero-order valence-electron chi connectivity index (χ0n) is 13.2. The van der Waals surface area contributed by atoms with Gasteiger partial charge in [0.1, 0.15) is 11.6 Å². The Morgan fingerprint density at radius 1 is 1.25 bits per heavy atom. The molecule has 2 heterocycles. The van der Waals surface area contributed by atoms with E-state index in [1.54, 1.807) is 6.07 Å². The van der Waals surface area contributed by atoms with Crippen LogP contribution >= 0.6 is 0 Å². The Kier molecular flexibility index (Phi) is 5.45. The van der Waals surface area contributed by atoms with Gasteiger partial charge in [0, 0.05) is 38.3 Å². The highest BCUT2D eigenvalue weighted by molar-refractivity contribution is 5.91. The number of benzene rings is 1. The zero-order chi connectivity index (χ0) is 16.8. The van der Waals surface area contributed by atoms with Crippen LogP contribution in [0.25, 0.3) is 0 Å². The summed E-state index contributed by atoms with van der Waals surface area (Å²) in [4.78, 5) is 14.3. The standard InChI is InChI=1S/C17H19FN2O4/c18-13-2-1-3-14(12-13)23-16-5-4-15(24-16)17(21)19-6-7-20-8-10-22-11-9-20/h1-5,12H,6-11H2,(H,19,21). The Hall–Kier alpha value is -2.38. The molecule has 0 radical (unpaired) electrons. The quantitative estimate of drug-likeness (QED) is 0.878. The van der Waals surface area contributed by atoms with Gasteiger partial charge in [0.25, 0.3) is 11.9 Å². The van der Waals surface area contributed by atoms with Crippen molar-refractivity contribution in [2.75, 3.05) is 39.4 Å². The number of amides is 1. The van der Waals surface area contributed by atoms with E-state index in [4.69, 9.17) is 13.9 Å². The molecule has 2 aromatic rings. The first kappa shape index (κ1) is 16.5. The molecule has 128 valence electrons. The number of hydrogen-bond donors (Lipinski definition) is 1. The molecule has 1 N–H and O–H groups in total. The lowest BCUT2D eigenvalue weighted by Crippen LogP contribution is -2.41. The van der Waals surface area contributed by atoms with Crippen molar-refractivity contribution in [1.29, 1.82) is 0 Å². The van der Waals surface area contributed by atoms with E-state index in [1.165, 1.54) is 30.3 Å². The van der Waals surface area contributed by atoms with Crippen molar-refractivity contribution >= 4 is 5.91 Å². The van der Waals surface area contributed by atoms with Crippen molar-refractivity contribution < 1.29 is 23.1 Å². The van der Waals surface area contributed by atoms with E-state index in [-0.39, 0.29) is 17.6 Å². The monoisotopic (exact) mass is 334 g/mol. The minimum atomic E-state index is -0.403. The van der Waals surface area contributed by atoms with E-state index >= 15 is 0 Å². The van der Waals surface area contributed by atoms with Gasteiger partial charge >= 0.3 is 0 Å². The van der Waals surface area contributed by atoms with E-state index in [0.29, 0.717) is 12.3 Å². The number of morpholine rings is 1. The van der Waals surface area contributed by atoms with Crippen LogP contribution in [0.2, 0.25) is 0 Å². The van der Waals surface area contributed by atoms with Crippen molar-refractivity contribution in [2.45, 2.75) is 0 Å². The molecule has 1 aromatic heterocycles. The summed E-state index contributed by atoms with van der Waals surface area (Å²) in [5.41, 5.74) is 0. The molecule has 0 spiro atoms. The van der Waals surface area contributed by atoms with Gasteiger partial charge in [-0.05, 0) is 18.2 Å². The van der Waals surface area contributed by atoms with Crippen LogP contribution in [0.1, 0.15) is 10.6 Å². The van der Waals surface area contributed by atoms with E-state index in [2.05, 4.69) is 10.2 Å². The summed E-state index contributed by atoms with van der Waals surface area (Å²) in [5.74, 6) is -0.108. The normalized spacial score (nSPS) is 15.2. The van der Waals surface area contributed by atoms with Crippen molar-refractivity contribution in [3.63, 3.8) is 0 Å². The van der Waals surface area contributed by atoms with Crippen molar-refractivity contribution in [2.24, 2.45) is 0 Å². The number of hydrogen-bond acceptors (Lipinski definition) is 5. The smallest absolute Gasteiger partial charge is 0.290 e. The van der Waals surface area contributed by atoms with Gasteiger partial charge in [0.05, 0.1) is 13.2 Å². The predicted octanol–water partition coefficient (Wildman–Crippen LogP) is 2.27. The first-order valence-corrected chi connectivity index (χ1v) is 7.82. The second kappa shape index (κ2) is 7.94. The number of nitrogens with one attached hydrogen (secondary N) is 1. The molecule has 0 bridgehead atoms. The molecule has 24 heavy (non-hydrogen) atoms. The molecule has 1 fully saturated rings. The number of furan rings is 1. The maximum Gasteiger partial charge on any atom is 0.290 e. The van der Waals surface area contributed by atoms with Crippen LogP contribution in [0.5, 0.6) is 11.7 Å². The average Bonchev–Trinajstić information content (AvgIpc) is 3.04. The average molecular weight is 334 g/mol. The molecule has 3 rings (SSSR count). The highest BCUT2D eigenvalue weighted by Gasteiger charge is 2.14. The summed E-state index contributed by atoms with van der Waals surface area (Å²) in [6, 6.07) is 8.76. The Balaban J connectivity index is 1.48. The minimum absolute atomic E-state index is 0.138. The van der Waals surface area contributed by atoms with Gasteiger partial charge in [0.2, 0.25) is 0 Å². The highest BCUT2D eigenvalue weighted by Crippen LogP contribution is 2.24. The Morgan fingerprint density at radius 2 is 2.08 bits per heavy atom. The molecule has 1 aliphatic rings. The van der Waals surface area contributed by atoms with Crippen LogP contribution in [-0.4, -0.2) is 50.2 Å². The van der Waals surface area contributed by atoms with Gasteiger partial charge in [-0.2, -0.15) is 0 Å². The maximum atomic E-state index is 13.1. The van der Waals surface area contributed by atoms with Gasteiger partial charge in [-0.25, -0.2) is 4.39 Å². The van der Waals surface area contributed by atoms with E-state index in [1.807, 2.05) is 0 Å². The fraction of sp³-hybridized carbons (Fsp3) is 0.353. The Bertz CT molecular complexity index is 683. The van der Waals surface area contributed by atoms with Crippen LogP contribution in [0.15, 0.2) is 40.8 Å². The summed E-state index contributed by atoms with van der Waals surface area (Å²) < 4.78 is 29.1. The van der Waals surface area contributed by atoms with Crippen molar-refractivity contribution in [3.05, 3.63) is 48.0 Å². The lowest BCUT2D eigenvalue weighted by atomic mass is 10.3. The zero-order valence-corrected chi connectivity index (χ0v) is 13.2. The number of nitrogens with zero attached hydrogens (tertiary/aromatic N) is 1. The molecule has 0 atom stereocenters. The Morgan fingerprint density at radius 3 is 2.88 bits per heavy atom. The molecular formula is C17H19FN2O4. The maximum absolute atomic E-state index is 13.1. The summed E-state index contributed by atoms with van der Waals surface area (Å²) in [5, 5.41) is 2.80. The fourth-order valence-electron chi connectivity index (χ4n) is 2.38. The summed E-state index contributed by atoms with van der Waals surface area (Å²) in [6.45, 7) is 4.51. The van der Waals surface area contributed by atoms with Gasteiger partial charge < -0.3 is 19.2 Å². The molecule has 7 heteroatoms.